The van der Waals surface area contributed by atoms with Crippen LogP contribution < -0.4 is 5.32 Å². The number of rotatable bonds is 6. The maximum atomic E-state index is 13.7. The van der Waals surface area contributed by atoms with Gasteiger partial charge >= 0.3 is 0 Å². The molecule has 0 aliphatic rings. The number of hydrogen-bond acceptors (Lipinski definition) is 4. The van der Waals surface area contributed by atoms with Crippen LogP contribution in [-0.4, -0.2) is 21.4 Å². The zero-order chi connectivity index (χ0) is 18.0. The largest absolute Gasteiger partial charge is 0.463 e. The van der Waals surface area contributed by atoms with Crippen molar-refractivity contribution in [2.45, 2.75) is 25.5 Å². The lowest BCUT2D eigenvalue weighted by atomic mass is 9.98. The predicted molar refractivity (Wildman–Crippen MR) is 92.5 cm³/mol. The number of hydrogen-bond donors (Lipinski definition) is 2. The van der Waals surface area contributed by atoms with Crippen LogP contribution in [0.4, 0.5) is 4.39 Å². The second-order valence-corrected chi connectivity index (χ2v) is 6.50. The monoisotopic (exact) mass is 343 g/mol. The summed E-state index contributed by atoms with van der Waals surface area (Å²) in [6.45, 7) is 3.75. The summed E-state index contributed by atoms with van der Waals surface area (Å²) in [5, 5.41) is 18.3. The van der Waals surface area contributed by atoms with Gasteiger partial charge in [0.25, 0.3) is 0 Å². The smallest absolute Gasteiger partial charge is 0.136 e. The van der Waals surface area contributed by atoms with Crippen molar-refractivity contribution in [1.82, 2.24) is 15.1 Å². The number of furan rings is 1. The number of nitrogens with zero attached hydrogens (tertiary/aromatic N) is 2. The fraction of sp³-hybridized carbons (Fsp3) is 0.316. The molecule has 0 saturated heterocycles. The predicted octanol–water partition coefficient (Wildman–Crippen LogP) is 3.05. The summed E-state index contributed by atoms with van der Waals surface area (Å²) in [6.07, 6.45) is 3.60. The SMILES string of the molecule is Cc1ccc([C@](C)(O)CN[C@@H](c2cccc(F)c2)c2cnn(C)c2)o1. The Kier molecular flexibility index (Phi) is 4.74. The highest BCUT2D eigenvalue weighted by atomic mass is 19.1. The van der Waals surface area contributed by atoms with Gasteiger partial charge in [0.2, 0.25) is 0 Å². The van der Waals surface area contributed by atoms with Crippen LogP contribution in [-0.2, 0) is 12.6 Å². The maximum absolute atomic E-state index is 13.7. The van der Waals surface area contributed by atoms with Gasteiger partial charge in [0.15, 0.2) is 0 Å². The lowest BCUT2D eigenvalue weighted by molar-refractivity contribution is 0.0318. The molecule has 3 aromatic rings. The molecule has 3 rings (SSSR count). The van der Waals surface area contributed by atoms with Gasteiger partial charge in [-0.3, -0.25) is 4.68 Å². The molecule has 25 heavy (non-hydrogen) atoms. The molecule has 0 aliphatic heterocycles. The highest BCUT2D eigenvalue weighted by Crippen LogP contribution is 2.26. The molecule has 1 aromatic carbocycles. The van der Waals surface area contributed by atoms with Gasteiger partial charge in [0.1, 0.15) is 22.9 Å². The van der Waals surface area contributed by atoms with Gasteiger partial charge in [-0.2, -0.15) is 5.10 Å². The van der Waals surface area contributed by atoms with Crippen molar-refractivity contribution >= 4 is 0 Å². The van der Waals surface area contributed by atoms with E-state index in [-0.39, 0.29) is 18.4 Å². The molecule has 0 radical (unpaired) electrons. The molecule has 0 saturated carbocycles. The second kappa shape index (κ2) is 6.82. The average molecular weight is 343 g/mol. The Morgan fingerprint density at radius 1 is 1.32 bits per heavy atom. The van der Waals surface area contributed by atoms with E-state index in [1.807, 2.05) is 32.3 Å². The number of nitrogens with one attached hydrogen (secondary N) is 1. The molecule has 5 nitrogen and oxygen atoms in total. The second-order valence-electron chi connectivity index (χ2n) is 6.50. The quantitative estimate of drug-likeness (QED) is 0.722. The molecule has 0 unspecified atom stereocenters. The van der Waals surface area contributed by atoms with Crippen LogP contribution in [0.15, 0.2) is 53.2 Å². The van der Waals surface area contributed by atoms with Gasteiger partial charge in [0.05, 0.1) is 12.2 Å². The van der Waals surface area contributed by atoms with E-state index in [1.54, 1.807) is 29.9 Å². The van der Waals surface area contributed by atoms with E-state index < -0.39 is 5.60 Å². The summed E-state index contributed by atoms with van der Waals surface area (Å²) in [6, 6.07) is 9.69. The summed E-state index contributed by atoms with van der Waals surface area (Å²) >= 11 is 0. The third kappa shape index (κ3) is 3.97. The zero-order valence-corrected chi connectivity index (χ0v) is 14.5. The minimum absolute atomic E-state index is 0.232. The van der Waals surface area contributed by atoms with Gasteiger partial charge < -0.3 is 14.8 Å². The molecule has 2 aromatic heterocycles. The average Bonchev–Trinajstić information content (AvgIpc) is 3.17. The molecule has 0 aliphatic carbocycles. The molecule has 2 heterocycles. The molecule has 132 valence electrons. The van der Waals surface area contributed by atoms with Crippen molar-refractivity contribution in [1.29, 1.82) is 0 Å². The van der Waals surface area contributed by atoms with Crippen molar-refractivity contribution in [3.63, 3.8) is 0 Å². The number of halogens is 1. The van der Waals surface area contributed by atoms with Gasteiger partial charge in [-0.1, -0.05) is 12.1 Å². The maximum Gasteiger partial charge on any atom is 0.136 e. The number of aliphatic hydroxyl groups is 1. The first kappa shape index (κ1) is 17.4. The Hall–Kier alpha value is -2.44. The molecule has 0 spiro atoms. The molecule has 2 atom stereocenters. The fourth-order valence-electron chi connectivity index (χ4n) is 2.82. The number of benzene rings is 1. The van der Waals surface area contributed by atoms with Crippen LogP contribution >= 0.6 is 0 Å². The van der Waals surface area contributed by atoms with Crippen LogP contribution in [0.25, 0.3) is 0 Å². The molecule has 6 heteroatoms. The first-order valence-electron chi connectivity index (χ1n) is 8.12. The van der Waals surface area contributed by atoms with Crippen molar-refractivity contribution in [2.24, 2.45) is 7.05 Å². The van der Waals surface area contributed by atoms with Gasteiger partial charge in [-0.25, -0.2) is 4.39 Å². The first-order valence-corrected chi connectivity index (χ1v) is 8.12. The van der Waals surface area contributed by atoms with Crippen molar-refractivity contribution in [3.05, 3.63) is 77.3 Å². The molecule has 0 amide bonds. The van der Waals surface area contributed by atoms with Crippen LogP contribution in [0.5, 0.6) is 0 Å². The fourth-order valence-corrected chi connectivity index (χ4v) is 2.82. The van der Waals surface area contributed by atoms with E-state index in [9.17, 15) is 9.50 Å². The Labute approximate surface area is 146 Å². The van der Waals surface area contributed by atoms with E-state index in [0.717, 1.165) is 16.9 Å². The third-order valence-electron chi connectivity index (χ3n) is 4.16. The topological polar surface area (TPSA) is 63.2 Å². The van der Waals surface area contributed by atoms with E-state index >= 15 is 0 Å². The number of aromatic nitrogens is 2. The zero-order valence-electron chi connectivity index (χ0n) is 14.5. The van der Waals surface area contributed by atoms with Crippen LogP contribution in [0.2, 0.25) is 0 Å². The van der Waals surface area contributed by atoms with E-state index in [4.69, 9.17) is 4.42 Å². The first-order chi connectivity index (χ1) is 11.8. The van der Waals surface area contributed by atoms with Crippen molar-refractivity contribution in [2.75, 3.05) is 6.54 Å². The Morgan fingerprint density at radius 3 is 2.72 bits per heavy atom. The molecule has 0 fully saturated rings. The highest BCUT2D eigenvalue weighted by Gasteiger charge is 2.28. The minimum atomic E-state index is -1.19. The van der Waals surface area contributed by atoms with Crippen LogP contribution in [0.1, 0.15) is 35.6 Å². The van der Waals surface area contributed by atoms with Crippen LogP contribution in [0.3, 0.4) is 0 Å². The normalized spacial score (nSPS) is 15.1. The Morgan fingerprint density at radius 2 is 2.12 bits per heavy atom. The van der Waals surface area contributed by atoms with Gasteiger partial charge in [-0.05, 0) is 43.7 Å². The lowest BCUT2D eigenvalue weighted by Gasteiger charge is -2.26. The van der Waals surface area contributed by atoms with Gasteiger partial charge in [-0.15, -0.1) is 0 Å². The summed E-state index contributed by atoms with van der Waals surface area (Å²) in [7, 11) is 1.83. The standard InChI is InChI=1S/C19H22FN3O2/c1-13-7-8-17(25-13)19(2,24)12-21-18(15-10-22-23(3)11-15)14-5-4-6-16(20)9-14/h4-11,18,21,24H,12H2,1-3H3/t18-,19+/m0/s1. The minimum Gasteiger partial charge on any atom is -0.463 e. The van der Waals surface area contributed by atoms with E-state index in [0.29, 0.717) is 5.76 Å². The molecule has 2 N–H and O–H groups in total. The molecule has 0 bridgehead atoms. The van der Waals surface area contributed by atoms with Crippen molar-refractivity contribution in [3.8, 4) is 0 Å². The lowest BCUT2D eigenvalue weighted by Crippen LogP contribution is -2.37. The van der Waals surface area contributed by atoms with Gasteiger partial charge in [0, 0.05) is 25.4 Å². The van der Waals surface area contributed by atoms with Crippen LogP contribution in [0, 0.1) is 12.7 Å². The van der Waals surface area contributed by atoms with Crippen molar-refractivity contribution < 1.29 is 13.9 Å². The summed E-state index contributed by atoms with van der Waals surface area (Å²) in [5.41, 5.74) is 0.459. The third-order valence-corrected chi connectivity index (χ3v) is 4.16. The summed E-state index contributed by atoms with van der Waals surface area (Å²) < 4.78 is 20.9. The summed E-state index contributed by atoms with van der Waals surface area (Å²) in [4.78, 5) is 0. The summed E-state index contributed by atoms with van der Waals surface area (Å²) in [5.74, 6) is 0.924. The Balaban J connectivity index is 1.85. The van der Waals surface area contributed by atoms with E-state index in [2.05, 4.69) is 10.4 Å². The van der Waals surface area contributed by atoms with E-state index in [1.165, 1.54) is 12.1 Å². The Bertz CT molecular complexity index is 854. The molecular weight excluding hydrogens is 321 g/mol. The molecular formula is C19H22FN3O2. The highest BCUT2D eigenvalue weighted by molar-refractivity contribution is 5.30. The number of aryl methyl sites for hydroxylation is 2.